The number of aryl methyl sites for hydroxylation is 4. The average molecular weight is 434 g/mol. The highest BCUT2D eigenvalue weighted by molar-refractivity contribution is 7.92. The first kappa shape index (κ1) is 23.3. The Hall–Kier alpha value is -2.94. The Morgan fingerprint density at radius 1 is 1.07 bits per heavy atom. The molecular weight excluding hydrogens is 406 g/mol. The largest absolute Gasteiger partial charge is 0.348 e. The minimum atomic E-state index is -3.85. The summed E-state index contributed by atoms with van der Waals surface area (Å²) in [7, 11) is -3.85. The number of sulfonamides is 1. The van der Waals surface area contributed by atoms with Crippen molar-refractivity contribution in [1.29, 1.82) is 0 Å². The number of carbonyl (C=O) groups excluding carboxylic acids is 1. The molecule has 2 aromatic carbocycles. The molecule has 0 spiro atoms. The maximum atomic E-state index is 12.7. The molecule has 0 saturated carbocycles. The number of non-ortho nitro benzene ring substituents is 1. The summed E-state index contributed by atoms with van der Waals surface area (Å²) >= 11 is 0. The second-order valence-corrected chi connectivity index (χ2v) is 9.49. The van der Waals surface area contributed by atoms with Crippen LogP contribution in [0.3, 0.4) is 0 Å². The predicted octanol–water partition coefficient (Wildman–Crippen LogP) is 3.47. The standard InChI is InChI=1S/C21H27N3O5S/c1-13-7-8-18(24(26)27)11-20(13)23(30(6,28)29)12-21(25)22-17(5)19-10-15(3)14(2)9-16(19)4/h7-11,17H,12H2,1-6H3,(H,22,25). The highest BCUT2D eigenvalue weighted by Gasteiger charge is 2.25. The number of anilines is 1. The molecule has 0 aliphatic carbocycles. The fourth-order valence-electron chi connectivity index (χ4n) is 3.31. The first-order valence-corrected chi connectivity index (χ1v) is 11.3. The van der Waals surface area contributed by atoms with E-state index in [-0.39, 0.29) is 17.4 Å². The van der Waals surface area contributed by atoms with Crippen LogP contribution in [-0.2, 0) is 14.8 Å². The van der Waals surface area contributed by atoms with Crippen LogP contribution in [0.5, 0.6) is 0 Å². The zero-order chi connectivity index (χ0) is 22.8. The van der Waals surface area contributed by atoms with E-state index in [9.17, 15) is 23.3 Å². The lowest BCUT2D eigenvalue weighted by Gasteiger charge is -2.25. The summed E-state index contributed by atoms with van der Waals surface area (Å²) in [6.45, 7) is 8.95. The molecule has 0 aliphatic rings. The van der Waals surface area contributed by atoms with Crippen LogP contribution in [0, 0.1) is 37.8 Å². The van der Waals surface area contributed by atoms with Gasteiger partial charge in [0.1, 0.15) is 6.54 Å². The molecule has 9 heteroatoms. The lowest BCUT2D eigenvalue weighted by molar-refractivity contribution is -0.384. The van der Waals surface area contributed by atoms with Crippen molar-refractivity contribution in [2.75, 3.05) is 17.1 Å². The van der Waals surface area contributed by atoms with Crippen molar-refractivity contribution < 1.29 is 18.1 Å². The van der Waals surface area contributed by atoms with Gasteiger partial charge < -0.3 is 5.32 Å². The lowest BCUT2D eigenvalue weighted by Crippen LogP contribution is -2.41. The van der Waals surface area contributed by atoms with E-state index < -0.39 is 27.4 Å². The normalized spacial score (nSPS) is 12.3. The van der Waals surface area contributed by atoms with E-state index >= 15 is 0 Å². The second-order valence-electron chi connectivity index (χ2n) is 7.58. The van der Waals surface area contributed by atoms with Gasteiger partial charge in [0.15, 0.2) is 0 Å². The molecule has 1 N–H and O–H groups in total. The Kier molecular flexibility index (Phi) is 6.87. The van der Waals surface area contributed by atoms with E-state index in [4.69, 9.17) is 0 Å². The molecule has 1 atom stereocenters. The molecule has 162 valence electrons. The molecular formula is C21H27N3O5S. The summed E-state index contributed by atoms with van der Waals surface area (Å²) in [4.78, 5) is 23.2. The van der Waals surface area contributed by atoms with Crippen LogP contribution in [0.2, 0.25) is 0 Å². The van der Waals surface area contributed by atoms with Crippen molar-refractivity contribution in [1.82, 2.24) is 5.32 Å². The van der Waals surface area contributed by atoms with E-state index in [0.717, 1.165) is 32.8 Å². The number of rotatable bonds is 7. The Labute approximate surface area is 177 Å². The molecule has 8 nitrogen and oxygen atoms in total. The molecule has 0 aromatic heterocycles. The first-order valence-electron chi connectivity index (χ1n) is 9.41. The number of hydrogen-bond acceptors (Lipinski definition) is 5. The number of amides is 1. The second kappa shape index (κ2) is 8.83. The van der Waals surface area contributed by atoms with Gasteiger partial charge in [-0.3, -0.25) is 19.2 Å². The van der Waals surface area contributed by atoms with Crippen LogP contribution in [0.1, 0.15) is 40.8 Å². The van der Waals surface area contributed by atoms with Gasteiger partial charge in [-0.25, -0.2) is 8.42 Å². The van der Waals surface area contributed by atoms with Gasteiger partial charge in [-0.1, -0.05) is 18.2 Å². The zero-order valence-electron chi connectivity index (χ0n) is 18.0. The molecule has 0 saturated heterocycles. The van der Waals surface area contributed by atoms with Crippen LogP contribution in [0.15, 0.2) is 30.3 Å². The van der Waals surface area contributed by atoms with Gasteiger partial charge >= 0.3 is 0 Å². The number of nitro benzene ring substituents is 1. The number of nitro groups is 1. The molecule has 1 amide bonds. The SMILES string of the molecule is Cc1cc(C)c(C(C)NC(=O)CN(c2cc([N+](=O)[O-])ccc2C)S(C)(=O)=O)cc1C. The smallest absolute Gasteiger partial charge is 0.271 e. The number of hydrogen-bond donors (Lipinski definition) is 1. The monoisotopic (exact) mass is 433 g/mol. The molecule has 0 fully saturated rings. The van der Waals surface area contributed by atoms with E-state index in [1.165, 1.54) is 18.2 Å². The summed E-state index contributed by atoms with van der Waals surface area (Å²) in [5.41, 5.74) is 4.60. The Morgan fingerprint density at radius 3 is 2.23 bits per heavy atom. The van der Waals surface area contributed by atoms with Crippen LogP contribution in [0.4, 0.5) is 11.4 Å². The summed E-state index contributed by atoms with van der Waals surface area (Å²) in [6.07, 6.45) is 0.968. The fraction of sp³-hybridized carbons (Fsp3) is 0.381. The molecule has 2 aromatic rings. The van der Waals surface area contributed by atoms with Crippen LogP contribution >= 0.6 is 0 Å². The maximum Gasteiger partial charge on any atom is 0.271 e. The number of nitrogens with zero attached hydrogens (tertiary/aromatic N) is 2. The van der Waals surface area contributed by atoms with Crippen molar-refractivity contribution in [3.8, 4) is 0 Å². The minimum Gasteiger partial charge on any atom is -0.348 e. The summed E-state index contributed by atoms with van der Waals surface area (Å²) in [5, 5.41) is 13.9. The van der Waals surface area contributed by atoms with Crippen molar-refractivity contribution in [3.05, 3.63) is 68.3 Å². The highest BCUT2D eigenvalue weighted by atomic mass is 32.2. The summed E-state index contributed by atoms with van der Waals surface area (Å²) in [6, 6.07) is 7.65. The third kappa shape index (κ3) is 5.35. The van der Waals surface area contributed by atoms with Gasteiger partial charge in [-0.15, -0.1) is 0 Å². The summed E-state index contributed by atoms with van der Waals surface area (Å²) < 4.78 is 25.6. The van der Waals surface area contributed by atoms with Crippen molar-refractivity contribution in [2.24, 2.45) is 0 Å². The number of carbonyl (C=O) groups is 1. The molecule has 1 unspecified atom stereocenters. The summed E-state index contributed by atoms with van der Waals surface area (Å²) in [5.74, 6) is -0.503. The van der Waals surface area contributed by atoms with Crippen molar-refractivity contribution in [3.63, 3.8) is 0 Å². The molecule has 0 heterocycles. The topological polar surface area (TPSA) is 110 Å². The van der Waals surface area contributed by atoms with Gasteiger partial charge in [0.05, 0.1) is 22.9 Å². The van der Waals surface area contributed by atoms with E-state index in [1.54, 1.807) is 6.92 Å². The van der Waals surface area contributed by atoms with Gasteiger partial charge in [-0.2, -0.15) is 0 Å². The zero-order valence-corrected chi connectivity index (χ0v) is 18.8. The third-order valence-corrected chi connectivity index (χ3v) is 6.21. The average Bonchev–Trinajstić information content (AvgIpc) is 2.62. The number of benzene rings is 2. The molecule has 0 bridgehead atoms. The Balaban J connectivity index is 2.31. The number of nitrogens with one attached hydrogen (secondary N) is 1. The quantitative estimate of drug-likeness (QED) is 0.531. The first-order chi connectivity index (χ1) is 13.8. The van der Waals surface area contributed by atoms with Crippen LogP contribution in [0.25, 0.3) is 0 Å². The van der Waals surface area contributed by atoms with E-state index in [0.29, 0.717) is 5.56 Å². The molecule has 2 rings (SSSR count). The van der Waals surface area contributed by atoms with Gasteiger partial charge in [-0.05, 0) is 62.4 Å². The van der Waals surface area contributed by atoms with Crippen LogP contribution < -0.4 is 9.62 Å². The minimum absolute atomic E-state index is 0.108. The van der Waals surface area contributed by atoms with Gasteiger partial charge in [0.25, 0.3) is 5.69 Å². The van der Waals surface area contributed by atoms with Gasteiger partial charge in [0, 0.05) is 12.1 Å². The van der Waals surface area contributed by atoms with Crippen molar-refractivity contribution in [2.45, 2.75) is 40.7 Å². The Bertz CT molecular complexity index is 1100. The molecule has 0 aliphatic heterocycles. The van der Waals surface area contributed by atoms with Gasteiger partial charge in [0.2, 0.25) is 15.9 Å². The molecule has 30 heavy (non-hydrogen) atoms. The van der Waals surface area contributed by atoms with E-state index in [2.05, 4.69) is 5.32 Å². The van der Waals surface area contributed by atoms with Crippen molar-refractivity contribution >= 4 is 27.3 Å². The third-order valence-electron chi connectivity index (χ3n) is 5.09. The Morgan fingerprint density at radius 2 is 1.67 bits per heavy atom. The fourth-order valence-corrected chi connectivity index (χ4v) is 4.21. The predicted molar refractivity (Wildman–Crippen MR) is 117 cm³/mol. The van der Waals surface area contributed by atoms with Crippen LogP contribution in [-0.4, -0.2) is 32.0 Å². The van der Waals surface area contributed by atoms with E-state index in [1.807, 2.05) is 39.8 Å². The highest BCUT2D eigenvalue weighted by Crippen LogP contribution is 2.27. The maximum absolute atomic E-state index is 12.7. The lowest BCUT2D eigenvalue weighted by atomic mass is 9.96. The molecule has 0 radical (unpaired) electrons.